The van der Waals surface area contributed by atoms with E-state index in [1.54, 1.807) is 6.92 Å². The van der Waals surface area contributed by atoms with E-state index in [0.29, 0.717) is 5.92 Å². The van der Waals surface area contributed by atoms with Gasteiger partial charge in [0.2, 0.25) is 0 Å². The van der Waals surface area contributed by atoms with Gasteiger partial charge in [-0.3, -0.25) is 4.79 Å². The Bertz CT molecular complexity index is 621. The van der Waals surface area contributed by atoms with Crippen LogP contribution in [0.5, 0.6) is 0 Å². The number of rotatable bonds is 1. The van der Waals surface area contributed by atoms with E-state index in [2.05, 4.69) is 36.4 Å². The molecular formula is C17H14O. The molecule has 2 bridgehead atoms. The maximum absolute atomic E-state index is 12.4. The van der Waals surface area contributed by atoms with Gasteiger partial charge in [0.05, 0.1) is 5.41 Å². The zero-order valence-corrected chi connectivity index (χ0v) is 10.3. The summed E-state index contributed by atoms with van der Waals surface area (Å²) < 4.78 is 0. The molecule has 0 atom stereocenters. The Morgan fingerprint density at radius 1 is 1.00 bits per heavy atom. The molecule has 4 rings (SSSR count). The van der Waals surface area contributed by atoms with Gasteiger partial charge >= 0.3 is 0 Å². The highest BCUT2D eigenvalue weighted by Gasteiger charge is 2.55. The smallest absolute Gasteiger partial charge is 0.144 e. The van der Waals surface area contributed by atoms with Gasteiger partial charge in [-0.25, -0.2) is 0 Å². The first-order chi connectivity index (χ1) is 8.75. The minimum atomic E-state index is -0.363. The number of benzene rings is 2. The van der Waals surface area contributed by atoms with E-state index >= 15 is 0 Å². The molecule has 18 heavy (non-hydrogen) atoms. The van der Waals surface area contributed by atoms with Crippen LogP contribution in [0.15, 0.2) is 48.5 Å². The van der Waals surface area contributed by atoms with Crippen LogP contribution in [-0.2, 0) is 10.2 Å². The highest BCUT2D eigenvalue weighted by Crippen LogP contribution is 2.60. The first kappa shape index (κ1) is 10.1. The van der Waals surface area contributed by atoms with E-state index in [0.717, 1.165) is 6.42 Å². The average molecular weight is 234 g/mol. The highest BCUT2D eigenvalue weighted by molar-refractivity contribution is 5.96. The number of hydrogen-bond donors (Lipinski definition) is 0. The summed E-state index contributed by atoms with van der Waals surface area (Å²) in [4.78, 5) is 12.4. The molecule has 0 radical (unpaired) electrons. The first-order valence-electron chi connectivity index (χ1n) is 6.45. The van der Waals surface area contributed by atoms with Crippen LogP contribution in [0.25, 0.3) is 0 Å². The van der Waals surface area contributed by atoms with Crippen molar-refractivity contribution in [2.75, 3.05) is 0 Å². The van der Waals surface area contributed by atoms with Crippen LogP contribution in [0.4, 0.5) is 0 Å². The number of fused-ring (bicyclic) bond motifs is 8. The first-order valence-corrected chi connectivity index (χ1v) is 6.45. The largest absolute Gasteiger partial charge is 0.299 e. The Balaban J connectivity index is 2.12. The molecule has 0 aliphatic heterocycles. The third-order valence-corrected chi connectivity index (χ3v) is 4.70. The predicted molar refractivity (Wildman–Crippen MR) is 70.8 cm³/mol. The maximum atomic E-state index is 12.4. The quantitative estimate of drug-likeness (QED) is 0.739. The number of carbonyl (C=O) groups is 1. The van der Waals surface area contributed by atoms with Crippen molar-refractivity contribution < 1.29 is 4.79 Å². The summed E-state index contributed by atoms with van der Waals surface area (Å²) in [5.74, 6) is 0.698. The van der Waals surface area contributed by atoms with Crippen molar-refractivity contribution in [2.24, 2.45) is 0 Å². The number of Topliss-reactive ketones (excluding diaryl/α,β-unsaturated/α-hetero) is 1. The molecule has 2 aromatic carbocycles. The standard InChI is InChI=1S/C17H14O/c1-11(18)17-10-14(12-6-2-4-8-15(12)17)13-7-3-5-9-16(13)17/h2-9,14H,10H2,1H3. The number of hydrogen-bond acceptors (Lipinski definition) is 1. The Hall–Kier alpha value is -1.89. The summed E-state index contributed by atoms with van der Waals surface area (Å²) in [5, 5.41) is 0. The van der Waals surface area contributed by atoms with Crippen molar-refractivity contribution in [3.8, 4) is 0 Å². The molecule has 0 amide bonds. The molecular weight excluding hydrogens is 220 g/mol. The Labute approximate surface area is 106 Å². The summed E-state index contributed by atoms with van der Waals surface area (Å²) in [5.41, 5.74) is 4.82. The normalized spacial score (nSPS) is 26.8. The van der Waals surface area contributed by atoms with E-state index in [1.165, 1.54) is 22.3 Å². The molecule has 0 unspecified atom stereocenters. The van der Waals surface area contributed by atoms with Crippen molar-refractivity contribution >= 4 is 5.78 Å². The zero-order valence-electron chi connectivity index (χ0n) is 10.3. The molecule has 0 saturated heterocycles. The summed E-state index contributed by atoms with van der Waals surface area (Å²) in [6.07, 6.45) is 0.932. The Kier molecular flexibility index (Phi) is 1.74. The second-order valence-corrected chi connectivity index (χ2v) is 5.39. The van der Waals surface area contributed by atoms with Gasteiger partial charge in [0, 0.05) is 5.92 Å². The molecule has 0 saturated carbocycles. The molecule has 0 heterocycles. The summed E-state index contributed by atoms with van der Waals surface area (Å²) >= 11 is 0. The summed E-state index contributed by atoms with van der Waals surface area (Å²) in [6, 6.07) is 16.9. The lowest BCUT2D eigenvalue weighted by Gasteiger charge is -2.28. The fourth-order valence-corrected chi connectivity index (χ4v) is 3.96. The lowest BCUT2D eigenvalue weighted by atomic mass is 9.73. The number of carbonyl (C=O) groups excluding carboxylic acids is 1. The fraction of sp³-hybridized carbons (Fsp3) is 0.235. The van der Waals surface area contributed by atoms with Crippen LogP contribution >= 0.6 is 0 Å². The average Bonchev–Trinajstić information content (AvgIpc) is 2.93. The van der Waals surface area contributed by atoms with E-state index in [1.807, 2.05) is 12.1 Å². The maximum Gasteiger partial charge on any atom is 0.144 e. The zero-order chi connectivity index (χ0) is 12.3. The molecule has 1 nitrogen and oxygen atoms in total. The van der Waals surface area contributed by atoms with E-state index in [9.17, 15) is 4.79 Å². The minimum Gasteiger partial charge on any atom is -0.299 e. The van der Waals surface area contributed by atoms with Crippen molar-refractivity contribution in [2.45, 2.75) is 24.7 Å². The van der Waals surface area contributed by atoms with Crippen LogP contribution in [0.3, 0.4) is 0 Å². The minimum absolute atomic E-state index is 0.280. The molecule has 0 aromatic heterocycles. The Morgan fingerprint density at radius 2 is 1.50 bits per heavy atom. The van der Waals surface area contributed by atoms with Gasteiger partial charge in [-0.05, 0) is 35.6 Å². The molecule has 1 heteroatoms. The van der Waals surface area contributed by atoms with Crippen LogP contribution in [0.1, 0.15) is 41.5 Å². The highest BCUT2D eigenvalue weighted by atomic mass is 16.1. The Morgan fingerprint density at radius 3 is 2.00 bits per heavy atom. The second kappa shape index (κ2) is 3.11. The van der Waals surface area contributed by atoms with Gasteiger partial charge < -0.3 is 0 Å². The molecule has 0 N–H and O–H groups in total. The van der Waals surface area contributed by atoms with Gasteiger partial charge in [0.1, 0.15) is 5.78 Å². The van der Waals surface area contributed by atoms with Crippen LogP contribution in [0.2, 0.25) is 0 Å². The van der Waals surface area contributed by atoms with Gasteiger partial charge in [-0.2, -0.15) is 0 Å². The van der Waals surface area contributed by atoms with Crippen molar-refractivity contribution in [1.29, 1.82) is 0 Å². The molecule has 2 aliphatic rings. The lowest BCUT2D eigenvalue weighted by Crippen LogP contribution is -2.31. The van der Waals surface area contributed by atoms with Crippen LogP contribution < -0.4 is 0 Å². The summed E-state index contributed by atoms with van der Waals surface area (Å²) in [6.45, 7) is 1.74. The van der Waals surface area contributed by atoms with Crippen LogP contribution in [0, 0.1) is 0 Å². The monoisotopic (exact) mass is 234 g/mol. The second-order valence-electron chi connectivity index (χ2n) is 5.39. The van der Waals surface area contributed by atoms with Crippen molar-refractivity contribution in [3.63, 3.8) is 0 Å². The van der Waals surface area contributed by atoms with Crippen molar-refractivity contribution in [3.05, 3.63) is 70.8 Å². The topological polar surface area (TPSA) is 17.1 Å². The molecule has 0 fully saturated rings. The molecule has 2 aromatic rings. The van der Waals surface area contributed by atoms with Crippen molar-refractivity contribution in [1.82, 2.24) is 0 Å². The lowest BCUT2D eigenvalue weighted by molar-refractivity contribution is -0.120. The van der Waals surface area contributed by atoms with Crippen LogP contribution in [-0.4, -0.2) is 5.78 Å². The van der Waals surface area contributed by atoms with E-state index in [-0.39, 0.29) is 11.2 Å². The number of ketones is 1. The van der Waals surface area contributed by atoms with Gasteiger partial charge in [0.15, 0.2) is 0 Å². The van der Waals surface area contributed by atoms with E-state index in [4.69, 9.17) is 0 Å². The summed E-state index contributed by atoms with van der Waals surface area (Å²) in [7, 11) is 0. The third-order valence-electron chi connectivity index (χ3n) is 4.70. The van der Waals surface area contributed by atoms with Gasteiger partial charge in [0.25, 0.3) is 0 Å². The molecule has 0 spiro atoms. The van der Waals surface area contributed by atoms with Gasteiger partial charge in [-0.15, -0.1) is 0 Å². The third kappa shape index (κ3) is 0.928. The SMILES string of the molecule is CC(=O)C12CC(c3ccccc31)c1ccccc12. The molecule has 2 aliphatic carbocycles. The fourth-order valence-electron chi connectivity index (χ4n) is 3.96. The van der Waals surface area contributed by atoms with Gasteiger partial charge in [-0.1, -0.05) is 48.5 Å². The molecule has 88 valence electrons. The van der Waals surface area contributed by atoms with E-state index < -0.39 is 0 Å². The predicted octanol–water partition coefficient (Wildman–Crippen LogP) is 3.41.